The zero-order valence-electron chi connectivity index (χ0n) is 15.1. The highest BCUT2D eigenvalue weighted by Gasteiger charge is 2.20. The Labute approximate surface area is 151 Å². The van der Waals surface area contributed by atoms with Gasteiger partial charge in [-0.1, -0.05) is 30.3 Å². The van der Waals surface area contributed by atoms with Crippen molar-refractivity contribution in [1.29, 1.82) is 0 Å². The molecule has 0 saturated carbocycles. The summed E-state index contributed by atoms with van der Waals surface area (Å²) in [6.45, 7) is 5.70. The van der Waals surface area contributed by atoms with Gasteiger partial charge in [-0.2, -0.15) is 0 Å². The van der Waals surface area contributed by atoms with Crippen LogP contribution in [0.5, 0.6) is 0 Å². The van der Waals surface area contributed by atoms with Crippen LogP contribution in [0.25, 0.3) is 0 Å². The minimum Gasteiger partial charge on any atom is -0.389 e. The third-order valence-corrected chi connectivity index (χ3v) is 5.12. The minimum atomic E-state index is -0.441. The van der Waals surface area contributed by atoms with Crippen molar-refractivity contribution in [2.45, 2.75) is 50.5 Å². The molecule has 0 bridgehead atoms. The first-order valence-corrected chi connectivity index (χ1v) is 9.66. The SMILES string of the molecule is O[C@@H](CNC1CCN(Cc2ccccc2)CC1)COC[C@H]1CCCO1. The molecule has 0 unspecified atom stereocenters. The van der Waals surface area contributed by atoms with E-state index in [2.05, 4.69) is 40.5 Å². The molecule has 2 heterocycles. The number of benzene rings is 1. The topological polar surface area (TPSA) is 54.0 Å². The highest BCUT2D eigenvalue weighted by Crippen LogP contribution is 2.14. The number of likely N-dealkylation sites (tertiary alicyclic amines) is 1. The molecule has 140 valence electrons. The molecule has 2 aliphatic heterocycles. The van der Waals surface area contributed by atoms with Crippen molar-refractivity contribution in [3.8, 4) is 0 Å². The normalized spacial score (nSPS) is 23.8. The quantitative estimate of drug-likeness (QED) is 0.713. The number of aliphatic hydroxyl groups is 1. The number of rotatable bonds is 9. The molecule has 2 aliphatic rings. The van der Waals surface area contributed by atoms with Crippen LogP contribution in [0.2, 0.25) is 0 Å². The van der Waals surface area contributed by atoms with E-state index < -0.39 is 6.10 Å². The van der Waals surface area contributed by atoms with Gasteiger partial charge in [0, 0.05) is 25.7 Å². The third kappa shape index (κ3) is 6.68. The Morgan fingerprint density at radius 1 is 1.20 bits per heavy atom. The molecule has 5 heteroatoms. The maximum Gasteiger partial charge on any atom is 0.0897 e. The first-order valence-electron chi connectivity index (χ1n) is 9.66. The van der Waals surface area contributed by atoms with E-state index >= 15 is 0 Å². The second-order valence-corrected chi connectivity index (χ2v) is 7.27. The van der Waals surface area contributed by atoms with Crippen LogP contribution in [0.4, 0.5) is 0 Å². The minimum absolute atomic E-state index is 0.231. The van der Waals surface area contributed by atoms with Crippen LogP contribution in [-0.4, -0.2) is 67.7 Å². The van der Waals surface area contributed by atoms with Crippen LogP contribution in [-0.2, 0) is 16.0 Å². The molecule has 0 radical (unpaired) electrons. The second-order valence-electron chi connectivity index (χ2n) is 7.27. The van der Waals surface area contributed by atoms with Crippen molar-refractivity contribution in [2.24, 2.45) is 0 Å². The Bertz CT molecular complexity index is 471. The van der Waals surface area contributed by atoms with Gasteiger partial charge >= 0.3 is 0 Å². The number of piperidine rings is 1. The van der Waals surface area contributed by atoms with Crippen LogP contribution < -0.4 is 5.32 Å². The molecule has 5 nitrogen and oxygen atoms in total. The number of hydrogen-bond donors (Lipinski definition) is 2. The standard InChI is InChI=1S/C20H32N2O3/c23-19(15-24-16-20-7-4-12-25-20)13-21-18-8-10-22(11-9-18)14-17-5-2-1-3-6-17/h1-3,5-6,18-21,23H,4,7-16H2/t19-,20+/m0/s1. The molecular formula is C20H32N2O3. The fraction of sp³-hybridized carbons (Fsp3) is 0.700. The predicted molar refractivity (Wildman–Crippen MR) is 98.5 cm³/mol. The largest absolute Gasteiger partial charge is 0.389 e. The van der Waals surface area contributed by atoms with E-state index in [4.69, 9.17) is 9.47 Å². The number of aliphatic hydroxyl groups excluding tert-OH is 1. The van der Waals surface area contributed by atoms with Crippen LogP contribution in [0.3, 0.4) is 0 Å². The third-order valence-electron chi connectivity index (χ3n) is 5.12. The zero-order valence-corrected chi connectivity index (χ0v) is 15.1. The average Bonchev–Trinajstić information content (AvgIpc) is 3.15. The summed E-state index contributed by atoms with van der Waals surface area (Å²) < 4.78 is 11.1. The molecule has 2 saturated heterocycles. The number of nitrogens with zero attached hydrogens (tertiary/aromatic N) is 1. The molecule has 1 aromatic carbocycles. The predicted octanol–water partition coefficient (Wildman–Crippen LogP) is 1.80. The smallest absolute Gasteiger partial charge is 0.0897 e. The van der Waals surface area contributed by atoms with Gasteiger partial charge < -0.3 is 19.9 Å². The summed E-state index contributed by atoms with van der Waals surface area (Å²) in [5.74, 6) is 0. The monoisotopic (exact) mass is 348 g/mol. The molecule has 0 spiro atoms. The van der Waals surface area contributed by atoms with Gasteiger partial charge in [0.15, 0.2) is 0 Å². The van der Waals surface area contributed by atoms with Gasteiger partial charge in [-0.25, -0.2) is 0 Å². The van der Waals surface area contributed by atoms with E-state index in [0.29, 0.717) is 25.8 Å². The van der Waals surface area contributed by atoms with Crippen LogP contribution in [0.1, 0.15) is 31.2 Å². The fourth-order valence-corrected chi connectivity index (χ4v) is 3.61. The Kier molecular flexibility index (Phi) is 7.70. The summed E-state index contributed by atoms with van der Waals surface area (Å²) in [6, 6.07) is 11.2. The van der Waals surface area contributed by atoms with Gasteiger partial charge in [-0.3, -0.25) is 4.90 Å². The molecule has 2 N–H and O–H groups in total. The van der Waals surface area contributed by atoms with Crippen molar-refractivity contribution in [3.05, 3.63) is 35.9 Å². The molecular weight excluding hydrogens is 316 g/mol. The summed E-state index contributed by atoms with van der Waals surface area (Å²) in [4.78, 5) is 2.51. The molecule has 2 atom stereocenters. The zero-order chi connectivity index (χ0) is 17.3. The maximum absolute atomic E-state index is 10.1. The fourth-order valence-electron chi connectivity index (χ4n) is 3.61. The van der Waals surface area contributed by atoms with Crippen molar-refractivity contribution >= 4 is 0 Å². The van der Waals surface area contributed by atoms with E-state index in [9.17, 15) is 5.11 Å². The second kappa shape index (κ2) is 10.2. The van der Waals surface area contributed by atoms with Gasteiger partial charge in [0.2, 0.25) is 0 Å². The molecule has 25 heavy (non-hydrogen) atoms. The van der Waals surface area contributed by atoms with Crippen LogP contribution in [0, 0.1) is 0 Å². The van der Waals surface area contributed by atoms with Crippen molar-refractivity contribution in [2.75, 3.05) is 39.5 Å². The maximum atomic E-state index is 10.1. The Morgan fingerprint density at radius 2 is 2.00 bits per heavy atom. The van der Waals surface area contributed by atoms with Gasteiger partial charge in [-0.05, 0) is 44.3 Å². The van der Waals surface area contributed by atoms with E-state index in [1.807, 2.05) is 0 Å². The number of nitrogens with one attached hydrogen (secondary N) is 1. The molecule has 0 amide bonds. The van der Waals surface area contributed by atoms with Crippen LogP contribution in [0.15, 0.2) is 30.3 Å². The van der Waals surface area contributed by atoms with Crippen molar-refractivity contribution < 1.29 is 14.6 Å². The van der Waals surface area contributed by atoms with Gasteiger partial charge in [0.25, 0.3) is 0 Å². The van der Waals surface area contributed by atoms with Crippen molar-refractivity contribution in [3.63, 3.8) is 0 Å². The lowest BCUT2D eigenvalue weighted by Gasteiger charge is -2.33. The first kappa shape index (κ1) is 18.8. The Balaban J connectivity index is 1.24. The van der Waals surface area contributed by atoms with Gasteiger partial charge in [-0.15, -0.1) is 0 Å². The van der Waals surface area contributed by atoms with Crippen LogP contribution >= 0.6 is 0 Å². The van der Waals surface area contributed by atoms with Gasteiger partial charge in [0.1, 0.15) is 0 Å². The van der Waals surface area contributed by atoms with E-state index in [1.165, 1.54) is 5.56 Å². The molecule has 3 rings (SSSR count). The van der Waals surface area contributed by atoms with E-state index in [1.54, 1.807) is 0 Å². The Morgan fingerprint density at radius 3 is 2.72 bits per heavy atom. The molecule has 0 aromatic heterocycles. The first-order chi connectivity index (χ1) is 12.3. The lowest BCUT2D eigenvalue weighted by atomic mass is 10.0. The summed E-state index contributed by atoms with van der Waals surface area (Å²) in [5, 5.41) is 13.6. The highest BCUT2D eigenvalue weighted by molar-refractivity contribution is 5.14. The number of ether oxygens (including phenoxy) is 2. The molecule has 0 aliphatic carbocycles. The average molecular weight is 348 g/mol. The summed E-state index contributed by atoms with van der Waals surface area (Å²) in [6.07, 6.45) is 4.27. The Hall–Kier alpha value is -0.980. The summed E-state index contributed by atoms with van der Waals surface area (Å²) in [7, 11) is 0. The molecule has 2 fully saturated rings. The van der Waals surface area contributed by atoms with Gasteiger partial charge in [0.05, 0.1) is 25.4 Å². The van der Waals surface area contributed by atoms with Crippen molar-refractivity contribution in [1.82, 2.24) is 10.2 Å². The van der Waals surface area contributed by atoms with E-state index in [-0.39, 0.29) is 6.10 Å². The van der Waals surface area contributed by atoms with E-state index in [0.717, 1.165) is 51.9 Å². The lowest BCUT2D eigenvalue weighted by molar-refractivity contribution is -0.0173. The summed E-state index contributed by atoms with van der Waals surface area (Å²) in [5.41, 5.74) is 1.38. The lowest BCUT2D eigenvalue weighted by Crippen LogP contribution is -2.45. The number of hydrogen-bond acceptors (Lipinski definition) is 5. The molecule has 1 aromatic rings. The highest BCUT2D eigenvalue weighted by atomic mass is 16.5. The summed E-state index contributed by atoms with van der Waals surface area (Å²) >= 11 is 0.